The zero-order valence-electron chi connectivity index (χ0n) is 18.0. The molecule has 3 atom stereocenters. The lowest BCUT2D eigenvalue weighted by Gasteiger charge is -2.40. The zero-order chi connectivity index (χ0) is 21.9. The van der Waals surface area contributed by atoms with Crippen LogP contribution in [-0.4, -0.2) is 40.1 Å². The lowest BCUT2D eigenvalue weighted by atomic mass is 9.83. The summed E-state index contributed by atoms with van der Waals surface area (Å²) < 4.78 is 1.88. The Morgan fingerprint density at radius 2 is 2.00 bits per heavy atom. The van der Waals surface area contributed by atoms with Gasteiger partial charge in [-0.1, -0.05) is 30.3 Å². The zero-order valence-corrected chi connectivity index (χ0v) is 18.0. The lowest BCUT2D eigenvalue weighted by molar-refractivity contribution is -0.911. The van der Waals surface area contributed by atoms with Crippen molar-refractivity contribution >= 4 is 11.6 Å². The monoisotopic (exact) mass is 430 g/mol. The molecule has 2 N–H and O–H groups in total. The predicted octanol–water partition coefficient (Wildman–Crippen LogP) is 1.53. The van der Waals surface area contributed by atoms with Gasteiger partial charge < -0.3 is 14.8 Å². The van der Waals surface area contributed by atoms with Crippen LogP contribution in [0.2, 0.25) is 0 Å². The van der Waals surface area contributed by atoms with E-state index in [1.165, 1.54) is 37.1 Å². The van der Waals surface area contributed by atoms with E-state index >= 15 is 0 Å². The molecular weight excluding hydrogens is 402 g/mol. The molecule has 164 valence electrons. The van der Waals surface area contributed by atoms with Gasteiger partial charge in [0.15, 0.2) is 0 Å². The number of likely N-dealkylation sites (tertiary alicyclic amines) is 1. The summed E-state index contributed by atoms with van der Waals surface area (Å²) in [6.45, 7) is 4.06. The molecule has 0 aliphatic carbocycles. The van der Waals surface area contributed by atoms with Gasteiger partial charge in [0.05, 0.1) is 25.8 Å². The Kier molecular flexibility index (Phi) is 5.81. The van der Waals surface area contributed by atoms with E-state index in [0.29, 0.717) is 17.5 Å². The van der Waals surface area contributed by atoms with E-state index in [4.69, 9.17) is 0 Å². The second kappa shape index (κ2) is 9.04. The molecule has 7 nitrogen and oxygen atoms in total. The smallest absolute Gasteiger partial charge is 0.276 e. The summed E-state index contributed by atoms with van der Waals surface area (Å²) in [5, 5.41) is 2.71. The molecule has 2 aliphatic heterocycles. The van der Waals surface area contributed by atoms with E-state index in [2.05, 4.69) is 45.6 Å². The van der Waals surface area contributed by atoms with Gasteiger partial charge in [-0.05, 0) is 30.5 Å². The lowest BCUT2D eigenvalue weighted by Crippen LogP contribution is -3.14. The van der Waals surface area contributed by atoms with Crippen LogP contribution in [0.15, 0.2) is 65.8 Å². The van der Waals surface area contributed by atoms with Crippen LogP contribution in [-0.2, 0) is 13.0 Å². The third-order valence-corrected chi connectivity index (χ3v) is 6.68. The average Bonchev–Trinajstić information content (AvgIpc) is 2.82. The van der Waals surface area contributed by atoms with Crippen molar-refractivity contribution in [3.63, 3.8) is 0 Å². The topological polar surface area (TPSA) is 81.3 Å². The van der Waals surface area contributed by atoms with Crippen molar-refractivity contribution < 1.29 is 9.69 Å². The molecule has 1 unspecified atom stereocenters. The van der Waals surface area contributed by atoms with Crippen LogP contribution in [0.25, 0.3) is 0 Å². The van der Waals surface area contributed by atoms with Gasteiger partial charge in [0, 0.05) is 42.9 Å². The highest BCUT2D eigenvalue weighted by molar-refractivity contribution is 6.02. The Balaban J connectivity index is 1.26. The fraction of sp³-hybridized carbons (Fsp3) is 0.360. The van der Waals surface area contributed by atoms with Crippen LogP contribution in [0.4, 0.5) is 5.69 Å². The van der Waals surface area contributed by atoms with Crippen LogP contribution >= 0.6 is 0 Å². The van der Waals surface area contributed by atoms with E-state index in [9.17, 15) is 9.59 Å². The summed E-state index contributed by atoms with van der Waals surface area (Å²) in [7, 11) is 0. The van der Waals surface area contributed by atoms with Gasteiger partial charge in [0.25, 0.3) is 11.5 Å². The van der Waals surface area contributed by atoms with Crippen LogP contribution in [0.3, 0.4) is 0 Å². The summed E-state index contributed by atoms with van der Waals surface area (Å²) in [4.78, 5) is 35.1. The van der Waals surface area contributed by atoms with E-state index < -0.39 is 5.91 Å². The fourth-order valence-corrected chi connectivity index (χ4v) is 5.26. The summed E-state index contributed by atoms with van der Waals surface area (Å²) in [6.07, 6.45) is 7.81. The number of hydrogen-bond acceptors (Lipinski definition) is 4. The molecule has 3 aromatic rings. The highest BCUT2D eigenvalue weighted by Gasteiger charge is 2.37. The molecule has 1 saturated heterocycles. The minimum atomic E-state index is -0.416. The van der Waals surface area contributed by atoms with Crippen molar-refractivity contribution in [3.8, 4) is 0 Å². The molecule has 32 heavy (non-hydrogen) atoms. The number of aryl methyl sites for hydroxylation is 1. The van der Waals surface area contributed by atoms with Gasteiger partial charge in [-0.3, -0.25) is 14.6 Å². The van der Waals surface area contributed by atoms with Gasteiger partial charge >= 0.3 is 0 Å². The number of quaternary nitrogens is 1. The Labute approximate surface area is 187 Å². The van der Waals surface area contributed by atoms with Crippen molar-refractivity contribution in [3.05, 3.63) is 88.4 Å². The Bertz CT molecular complexity index is 1150. The predicted molar refractivity (Wildman–Crippen MR) is 122 cm³/mol. The van der Waals surface area contributed by atoms with Gasteiger partial charge in [0.2, 0.25) is 0 Å². The van der Waals surface area contributed by atoms with E-state index in [1.807, 2.05) is 10.6 Å². The van der Waals surface area contributed by atoms with Crippen LogP contribution in [0.5, 0.6) is 0 Å². The van der Waals surface area contributed by atoms with E-state index in [1.54, 1.807) is 11.0 Å². The highest BCUT2D eigenvalue weighted by Crippen LogP contribution is 2.30. The third-order valence-electron chi connectivity index (χ3n) is 6.68. The van der Waals surface area contributed by atoms with E-state index in [0.717, 1.165) is 38.2 Å². The third kappa shape index (κ3) is 4.34. The normalized spacial score (nSPS) is 21.6. The molecule has 7 heteroatoms. The molecule has 1 aromatic carbocycles. The number of fused-ring (bicyclic) bond motifs is 4. The maximum Gasteiger partial charge on any atom is 0.276 e. The number of hydrogen-bond donors (Lipinski definition) is 2. The molecule has 0 radical (unpaired) electrons. The van der Waals surface area contributed by atoms with Crippen LogP contribution in [0, 0.1) is 5.92 Å². The average molecular weight is 431 g/mol. The molecule has 2 aromatic heterocycles. The quantitative estimate of drug-likeness (QED) is 0.622. The largest absolute Gasteiger partial charge is 0.334 e. The van der Waals surface area contributed by atoms with Crippen molar-refractivity contribution in [2.75, 3.05) is 25.0 Å². The number of carbonyl (C=O) groups is 1. The number of nitrogens with one attached hydrogen (secondary N) is 2. The molecule has 0 saturated carbocycles. The summed E-state index contributed by atoms with van der Waals surface area (Å²) in [6, 6.07) is 14.4. The number of benzene rings is 1. The maximum absolute atomic E-state index is 13.1. The molecular formula is C25H28N5O2+. The van der Waals surface area contributed by atoms with Gasteiger partial charge in [-0.15, -0.1) is 0 Å². The first-order valence-corrected chi connectivity index (χ1v) is 11.4. The minimum Gasteiger partial charge on any atom is -0.334 e. The molecule has 2 bridgehead atoms. The van der Waals surface area contributed by atoms with Crippen LogP contribution < -0.4 is 15.8 Å². The number of nitrogens with zero attached hydrogens (tertiary/aromatic N) is 3. The second-order valence-electron chi connectivity index (χ2n) is 8.93. The second-order valence-corrected chi connectivity index (χ2v) is 8.93. The SMILES string of the molecule is O=C(Nc1ccc2n(c1=O)C[C@H]1C[C@@H]2C[NH+](CCCc2ccccc2)C1)c1cnccn1. The Morgan fingerprint density at radius 3 is 2.81 bits per heavy atom. The Hall–Kier alpha value is -3.32. The minimum absolute atomic E-state index is 0.123. The molecule has 1 amide bonds. The van der Waals surface area contributed by atoms with Crippen molar-refractivity contribution in [2.45, 2.75) is 31.7 Å². The summed E-state index contributed by atoms with van der Waals surface area (Å²) in [5.41, 5.74) is 2.88. The first kappa shape index (κ1) is 20.6. The number of pyridine rings is 1. The summed E-state index contributed by atoms with van der Waals surface area (Å²) in [5.74, 6) is 0.476. The highest BCUT2D eigenvalue weighted by atomic mass is 16.2. The number of carbonyl (C=O) groups excluding carboxylic acids is 1. The van der Waals surface area contributed by atoms with Gasteiger partial charge in [0.1, 0.15) is 11.4 Å². The molecule has 5 rings (SSSR count). The Morgan fingerprint density at radius 1 is 1.12 bits per heavy atom. The van der Waals surface area contributed by atoms with Gasteiger partial charge in [-0.25, -0.2) is 4.98 Å². The first-order valence-electron chi connectivity index (χ1n) is 11.4. The molecule has 1 fully saturated rings. The maximum atomic E-state index is 13.1. The number of aromatic nitrogens is 3. The molecule has 4 heterocycles. The first-order chi connectivity index (χ1) is 15.7. The standard InChI is InChI=1S/C25H27N5O2/c31-24(22-14-26-10-11-27-22)28-21-8-9-23-20-13-19(16-30(23)25(21)32)15-29(17-20)12-4-7-18-5-2-1-3-6-18/h1-3,5-6,8-11,14,19-20H,4,7,12-13,15-17H2,(H,28,31)/p+1/t19-,20+/m0/s1. The number of anilines is 1. The summed E-state index contributed by atoms with van der Waals surface area (Å²) >= 11 is 0. The number of piperidine rings is 1. The number of rotatable bonds is 6. The van der Waals surface area contributed by atoms with Crippen LogP contribution in [0.1, 0.15) is 40.5 Å². The van der Waals surface area contributed by atoms with Crippen molar-refractivity contribution in [1.82, 2.24) is 14.5 Å². The molecule has 2 aliphatic rings. The van der Waals surface area contributed by atoms with Crippen molar-refractivity contribution in [2.24, 2.45) is 5.92 Å². The fourth-order valence-electron chi connectivity index (χ4n) is 5.26. The van der Waals surface area contributed by atoms with Gasteiger partial charge in [-0.2, -0.15) is 0 Å². The van der Waals surface area contributed by atoms with Crippen molar-refractivity contribution in [1.29, 1.82) is 0 Å². The number of amides is 1. The molecule has 0 spiro atoms. The van der Waals surface area contributed by atoms with E-state index in [-0.39, 0.29) is 11.3 Å².